The Balaban J connectivity index is 2.33. The van der Waals surface area contributed by atoms with Crippen LogP contribution in [0.15, 0.2) is 47.4 Å². The maximum atomic E-state index is 12.3. The van der Waals surface area contributed by atoms with Crippen molar-refractivity contribution in [2.75, 3.05) is 5.73 Å². The molecule has 3 nitrogen and oxygen atoms in total. The minimum absolute atomic E-state index is 0.0855. The van der Waals surface area contributed by atoms with E-state index in [0.29, 0.717) is 21.2 Å². The highest BCUT2D eigenvalue weighted by atomic mass is 35.5. The van der Waals surface area contributed by atoms with Gasteiger partial charge < -0.3 is 5.73 Å². The Morgan fingerprint density at radius 1 is 1.16 bits per heavy atom. The second-order valence-corrected chi connectivity index (χ2v) is 6.83. The van der Waals surface area contributed by atoms with Gasteiger partial charge in [-0.15, -0.1) is 0 Å². The molecule has 0 radical (unpaired) electrons. The molecule has 19 heavy (non-hydrogen) atoms. The summed E-state index contributed by atoms with van der Waals surface area (Å²) >= 11 is 5.82. The van der Waals surface area contributed by atoms with Crippen molar-refractivity contribution in [1.82, 2.24) is 0 Å². The van der Waals surface area contributed by atoms with Gasteiger partial charge in [0.15, 0.2) is 9.84 Å². The van der Waals surface area contributed by atoms with E-state index in [1.165, 1.54) is 0 Å². The molecule has 0 fully saturated rings. The zero-order valence-electron chi connectivity index (χ0n) is 10.4. The van der Waals surface area contributed by atoms with Crippen LogP contribution in [0.5, 0.6) is 0 Å². The van der Waals surface area contributed by atoms with Crippen LogP contribution in [0, 0.1) is 6.92 Å². The molecule has 100 valence electrons. The highest BCUT2D eigenvalue weighted by Crippen LogP contribution is 2.23. The van der Waals surface area contributed by atoms with Gasteiger partial charge in [-0.2, -0.15) is 0 Å². The Labute approximate surface area is 117 Å². The van der Waals surface area contributed by atoms with Crippen LogP contribution >= 0.6 is 11.6 Å². The molecule has 2 N–H and O–H groups in total. The summed E-state index contributed by atoms with van der Waals surface area (Å²) in [5.41, 5.74) is 7.60. The molecule has 0 aliphatic carbocycles. The van der Waals surface area contributed by atoms with E-state index < -0.39 is 9.84 Å². The second-order valence-electron chi connectivity index (χ2n) is 4.43. The summed E-state index contributed by atoms with van der Waals surface area (Å²) in [6, 6.07) is 11.7. The van der Waals surface area contributed by atoms with E-state index in [2.05, 4.69) is 0 Å². The standard InChI is InChI=1S/C14H14ClNO2S/c1-10-3-2-4-12(7-10)19(17,18)9-11-5-6-13(15)14(16)8-11/h2-8H,9,16H2,1H3. The molecule has 0 aliphatic rings. The molecule has 5 heteroatoms. The van der Waals surface area contributed by atoms with Gasteiger partial charge in [0.25, 0.3) is 0 Å². The van der Waals surface area contributed by atoms with E-state index >= 15 is 0 Å². The molecular formula is C14H14ClNO2S. The number of nitrogens with two attached hydrogens (primary N) is 1. The van der Waals surface area contributed by atoms with Crippen LogP contribution in [-0.4, -0.2) is 8.42 Å². The molecule has 0 spiro atoms. The van der Waals surface area contributed by atoms with Crippen LogP contribution in [0.25, 0.3) is 0 Å². The zero-order chi connectivity index (χ0) is 14.0. The Morgan fingerprint density at radius 2 is 1.89 bits per heavy atom. The monoisotopic (exact) mass is 295 g/mol. The number of aryl methyl sites for hydroxylation is 1. The minimum atomic E-state index is -3.36. The largest absolute Gasteiger partial charge is 0.398 e. The molecule has 0 atom stereocenters. The molecule has 0 aliphatic heterocycles. The normalized spacial score (nSPS) is 11.5. The number of benzene rings is 2. The van der Waals surface area contributed by atoms with E-state index in [0.717, 1.165) is 5.56 Å². The van der Waals surface area contributed by atoms with Crippen LogP contribution in [0.3, 0.4) is 0 Å². The van der Waals surface area contributed by atoms with Gasteiger partial charge in [-0.1, -0.05) is 29.8 Å². The average molecular weight is 296 g/mol. The second kappa shape index (κ2) is 5.23. The molecule has 0 unspecified atom stereocenters. The summed E-state index contributed by atoms with van der Waals surface area (Å²) in [4.78, 5) is 0.320. The quantitative estimate of drug-likeness (QED) is 0.885. The Bertz CT molecular complexity index is 711. The number of nitrogen functional groups attached to an aromatic ring is 1. The van der Waals surface area contributed by atoms with Gasteiger partial charge in [-0.3, -0.25) is 0 Å². The zero-order valence-corrected chi connectivity index (χ0v) is 12.0. The predicted molar refractivity (Wildman–Crippen MR) is 77.9 cm³/mol. The number of hydrogen-bond donors (Lipinski definition) is 1. The van der Waals surface area contributed by atoms with Gasteiger partial charge in [0.2, 0.25) is 0 Å². The summed E-state index contributed by atoms with van der Waals surface area (Å²) in [7, 11) is -3.36. The molecular weight excluding hydrogens is 282 g/mol. The number of hydrogen-bond acceptors (Lipinski definition) is 3. The first kappa shape index (κ1) is 13.9. The SMILES string of the molecule is Cc1cccc(S(=O)(=O)Cc2ccc(Cl)c(N)c2)c1. The maximum Gasteiger partial charge on any atom is 0.182 e. The molecule has 0 amide bonds. The van der Waals surface area contributed by atoms with Crippen molar-refractivity contribution < 1.29 is 8.42 Å². The summed E-state index contributed by atoms with van der Waals surface area (Å²) in [5.74, 6) is -0.0855. The first-order chi connectivity index (χ1) is 8.88. The van der Waals surface area contributed by atoms with Gasteiger partial charge >= 0.3 is 0 Å². The van der Waals surface area contributed by atoms with Crippen LogP contribution in [0.4, 0.5) is 5.69 Å². The summed E-state index contributed by atoms with van der Waals surface area (Å²) in [6.45, 7) is 1.86. The average Bonchev–Trinajstić information content (AvgIpc) is 2.33. The van der Waals surface area contributed by atoms with E-state index in [1.54, 1.807) is 36.4 Å². The molecule has 2 rings (SSSR count). The number of halogens is 1. The van der Waals surface area contributed by atoms with Crippen molar-refractivity contribution in [3.63, 3.8) is 0 Å². The van der Waals surface area contributed by atoms with Crippen LogP contribution < -0.4 is 5.73 Å². The fourth-order valence-electron chi connectivity index (χ4n) is 1.79. The van der Waals surface area contributed by atoms with Crippen molar-refractivity contribution in [2.45, 2.75) is 17.6 Å². The lowest BCUT2D eigenvalue weighted by Crippen LogP contribution is -2.05. The third kappa shape index (κ3) is 3.28. The van der Waals surface area contributed by atoms with E-state index in [-0.39, 0.29) is 5.75 Å². The molecule has 2 aromatic carbocycles. The van der Waals surface area contributed by atoms with E-state index in [4.69, 9.17) is 17.3 Å². The third-order valence-electron chi connectivity index (χ3n) is 2.77. The molecule has 0 heterocycles. The smallest absolute Gasteiger partial charge is 0.182 e. The summed E-state index contributed by atoms with van der Waals surface area (Å²) < 4.78 is 24.6. The lowest BCUT2D eigenvalue weighted by atomic mass is 10.2. The topological polar surface area (TPSA) is 60.2 Å². The predicted octanol–water partition coefficient (Wildman–Crippen LogP) is 3.20. The van der Waals surface area contributed by atoms with Crippen molar-refractivity contribution in [3.05, 3.63) is 58.6 Å². The van der Waals surface area contributed by atoms with Crippen molar-refractivity contribution in [2.24, 2.45) is 0 Å². The van der Waals surface area contributed by atoms with Gasteiger partial charge in [-0.05, 0) is 42.3 Å². The fraction of sp³-hybridized carbons (Fsp3) is 0.143. The number of rotatable bonds is 3. The van der Waals surface area contributed by atoms with Gasteiger partial charge in [0.05, 0.1) is 21.4 Å². The lowest BCUT2D eigenvalue weighted by Gasteiger charge is -2.07. The highest BCUT2D eigenvalue weighted by molar-refractivity contribution is 7.90. The van der Waals surface area contributed by atoms with Crippen molar-refractivity contribution >= 4 is 27.1 Å². The lowest BCUT2D eigenvalue weighted by molar-refractivity contribution is 0.595. The molecule has 0 saturated heterocycles. The Morgan fingerprint density at radius 3 is 2.53 bits per heavy atom. The minimum Gasteiger partial charge on any atom is -0.398 e. The Hall–Kier alpha value is -1.52. The molecule has 0 saturated carbocycles. The van der Waals surface area contributed by atoms with Crippen molar-refractivity contribution in [3.8, 4) is 0 Å². The van der Waals surface area contributed by atoms with Crippen molar-refractivity contribution in [1.29, 1.82) is 0 Å². The van der Waals surface area contributed by atoms with Gasteiger partial charge in [0, 0.05) is 0 Å². The highest BCUT2D eigenvalue weighted by Gasteiger charge is 2.15. The Kier molecular flexibility index (Phi) is 3.83. The fourth-order valence-corrected chi connectivity index (χ4v) is 3.35. The maximum absolute atomic E-state index is 12.3. The first-order valence-corrected chi connectivity index (χ1v) is 7.75. The van der Waals surface area contributed by atoms with Crippen LogP contribution in [0.2, 0.25) is 5.02 Å². The molecule has 0 bridgehead atoms. The third-order valence-corrected chi connectivity index (χ3v) is 4.80. The van der Waals surface area contributed by atoms with Crippen LogP contribution in [-0.2, 0) is 15.6 Å². The van der Waals surface area contributed by atoms with Gasteiger partial charge in [0.1, 0.15) is 0 Å². The molecule has 0 aromatic heterocycles. The summed E-state index contributed by atoms with van der Waals surface area (Å²) in [6.07, 6.45) is 0. The van der Waals surface area contributed by atoms with E-state index in [9.17, 15) is 8.42 Å². The molecule has 2 aromatic rings. The number of anilines is 1. The van der Waals surface area contributed by atoms with E-state index in [1.807, 2.05) is 13.0 Å². The first-order valence-electron chi connectivity index (χ1n) is 5.72. The van der Waals surface area contributed by atoms with Gasteiger partial charge in [-0.25, -0.2) is 8.42 Å². The summed E-state index contributed by atoms with van der Waals surface area (Å²) in [5, 5.41) is 0.428. The number of sulfone groups is 1. The van der Waals surface area contributed by atoms with Crippen LogP contribution in [0.1, 0.15) is 11.1 Å².